The van der Waals surface area contributed by atoms with Gasteiger partial charge in [0.25, 0.3) is 0 Å². The fourth-order valence-corrected chi connectivity index (χ4v) is 1.97. The van der Waals surface area contributed by atoms with Gasteiger partial charge in [-0.1, -0.05) is 6.07 Å². The molecule has 0 fully saturated rings. The van der Waals surface area contributed by atoms with E-state index < -0.39 is 12.0 Å². The summed E-state index contributed by atoms with van der Waals surface area (Å²) in [5, 5.41) is 8.87. The number of methoxy groups -OCH3 is 3. The maximum Gasteiger partial charge on any atom is 0.305 e. The second kappa shape index (κ2) is 6.96. The van der Waals surface area contributed by atoms with Crippen LogP contribution in [-0.2, 0) is 16.1 Å². The van der Waals surface area contributed by atoms with Gasteiger partial charge in [0.1, 0.15) is 0 Å². The van der Waals surface area contributed by atoms with E-state index in [1.807, 2.05) is 0 Å². The van der Waals surface area contributed by atoms with Crippen molar-refractivity contribution in [3.05, 3.63) is 23.3 Å². The summed E-state index contributed by atoms with van der Waals surface area (Å²) in [5.41, 5.74) is 7.34. The van der Waals surface area contributed by atoms with Crippen molar-refractivity contribution in [2.24, 2.45) is 5.73 Å². The maximum atomic E-state index is 10.8. The highest BCUT2D eigenvalue weighted by Gasteiger charge is 2.22. The first-order valence-electron chi connectivity index (χ1n) is 5.75. The molecule has 6 nitrogen and oxygen atoms in total. The number of aliphatic carboxylic acids is 1. The van der Waals surface area contributed by atoms with Crippen molar-refractivity contribution in [3.63, 3.8) is 0 Å². The van der Waals surface area contributed by atoms with E-state index >= 15 is 0 Å². The molecule has 0 saturated carbocycles. The molecular formula is C13H19NO5. The van der Waals surface area contributed by atoms with Crippen molar-refractivity contribution >= 4 is 5.97 Å². The Balaban J connectivity index is 3.31. The van der Waals surface area contributed by atoms with Crippen LogP contribution in [0.1, 0.15) is 23.6 Å². The molecule has 0 saturated heterocycles. The van der Waals surface area contributed by atoms with E-state index in [-0.39, 0.29) is 6.42 Å². The molecule has 0 aliphatic heterocycles. The van der Waals surface area contributed by atoms with Crippen molar-refractivity contribution in [3.8, 4) is 11.5 Å². The van der Waals surface area contributed by atoms with Gasteiger partial charge < -0.3 is 25.1 Å². The van der Waals surface area contributed by atoms with Crippen molar-refractivity contribution in [1.82, 2.24) is 0 Å². The largest absolute Gasteiger partial charge is 0.493 e. The lowest BCUT2D eigenvalue weighted by Gasteiger charge is -2.20. The highest BCUT2D eigenvalue weighted by molar-refractivity contribution is 5.68. The number of nitrogens with two attached hydrogens (primary N) is 1. The third kappa shape index (κ3) is 3.59. The number of hydrogen-bond donors (Lipinski definition) is 2. The molecule has 1 atom stereocenters. The lowest BCUT2D eigenvalue weighted by molar-refractivity contribution is -0.137. The van der Waals surface area contributed by atoms with Crippen LogP contribution in [0, 0.1) is 0 Å². The Bertz CT molecular complexity index is 447. The highest BCUT2D eigenvalue weighted by Crippen LogP contribution is 2.37. The van der Waals surface area contributed by atoms with Crippen LogP contribution in [-0.4, -0.2) is 32.4 Å². The summed E-state index contributed by atoms with van der Waals surface area (Å²) in [5.74, 6) is -0.00951. The van der Waals surface area contributed by atoms with Crippen molar-refractivity contribution in [2.75, 3.05) is 21.3 Å². The van der Waals surface area contributed by atoms with E-state index in [0.717, 1.165) is 5.56 Å². The SMILES string of the molecule is COCc1ccc(OC)c(OC)c1C(N)CC(=O)O. The number of carboxylic acids is 1. The zero-order chi connectivity index (χ0) is 14.4. The lowest BCUT2D eigenvalue weighted by atomic mass is 9.97. The van der Waals surface area contributed by atoms with Crippen LogP contribution < -0.4 is 15.2 Å². The number of ether oxygens (including phenoxy) is 3. The average molecular weight is 269 g/mol. The first-order valence-corrected chi connectivity index (χ1v) is 5.75. The maximum absolute atomic E-state index is 10.8. The number of rotatable bonds is 7. The van der Waals surface area contributed by atoms with E-state index in [9.17, 15) is 4.79 Å². The average Bonchev–Trinajstić information content (AvgIpc) is 2.37. The van der Waals surface area contributed by atoms with Crippen LogP contribution in [0.15, 0.2) is 12.1 Å². The molecule has 1 aromatic carbocycles. The number of hydrogen-bond acceptors (Lipinski definition) is 5. The van der Waals surface area contributed by atoms with Gasteiger partial charge in [-0.15, -0.1) is 0 Å². The van der Waals surface area contributed by atoms with E-state index in [1.165, 1.54) is 14.2 Å². The summed E-state index contributed by atoms with van der Waals surface area (Å²) in [7, 11) is 4.56. The van der Waals surface area contributed by atoms with Gasteiger partial charge in [0, 0.05) is 18.7 Å². The first kappa shape index (κ1) is 15.3. The highest BCUT2D eigenvalue weighted by atomic mass is 16.5. The van der Waals surface area contributed by atoms with Gasteiger partial charge in [-0.3, -0.25) is 4.79 Å². The Hall–Kier alpha value is -1.79. The number of carboxylic acid groups (broad SMARTS) is 1. The van der Waals surface area contributed by atoms with Crippen LogP contribution in [0.3, 0.4) is 0 Å². The number of carbonyl (C=O) groups is 1. The summed E-state index contributed by atoms with van der Waals surface area (Å²) in [6.45, 7) is 0.322. The number of benzene rings is 1. The van der Waals surface area contributed by atoms with E-state index in [1.54, 1.807) is 19.2 Å². The molecule has 0 spiro atoms. The van der Waals surface area contributed by atoms with Crippen molar-refractivity contribution in [2.45, 2.75) is 19.1 Å². The standard InChI is InChI=1S/C13H19NO5/c1-17-7-8-4-5-10(18-2)13(19-3)12(8)9(14)6-11(15)16/h4-5,9H,6-7,14H2,1-3H3,(H,15,16). The van der Waals surface area contributed by atoms with Gasteiger partial charge in [0.15, 0.2) is 11.5 Å². The summed E-state index contributed by atoms with van der Waals surface area (Å²) < 4.78 is 15.6. The molecule has 3 N–H and O–H groups in total. The summed E-state index contributed by atoms with van der Waals surface area (Å²) in [4.78, 5) is 10.8. The molecule has 0 bridgehead atoms. The van der Waals surface area contributed by atoms with E-state index in [4.69, 9.17) is 25.1 Å². The fourth-order valence-electron chi connectivity index (χ4n) is 1.97. The zero-order valence-corrected chi connectivity index (χ0v) is 11.3. The molecule has 0 heterocycles. The predicted molar refractivity (Wildman–Crippen MR) is 69.4 cm³/mol. The normalized spacial score (nSPS) is 12.0. The smallest absolute Gasteiger partial charge is 0.305 e. The minimum absolute atomic E-state index is 0.194. The molecule has 0 radical (unpaired) electrons. The molecule has 0 aliphatic rings. The zero-order valence-electron chi connectivity index (χ0n) is 11.3. The Labute approximate surface area is 112 Å². The minimum atomic E-state index is -0.972. The summed E-state index contributed by atoms with van der Waals surface area (Å²) in [6, 6.07) is 2.85. The molecular weight excluding hydrogens is 250 g/mol. The molecule has 1 rings (SSSR count). The molecule has 0 aromatic heterocycles. The minimum Gasteiger partial charge on any atom is -0.493 e. The second-order valence-corrected chi connectivity index (χ2v) is 4.01. The third-order valence-electron chi connectivity index (χ3n) is 2.74. The second-order valence-electron chi connectivity index (χ2n) is 4.01. The van der Waals surface area contributed by atoms with Gasteiger partial charge in [0.05, 0.1) is 27.2 Å². The topological polar surface area (TPSA) is 91.0 Å². The molecule has 1 unspecified atom stereocenters. The molecule has 0 amide bonds. The molecule has 0 aliphatic carbocycles. The molecule has 19 heavy (non-hydrogen) atoms. The first-order chi connectivity index (χ1) is 9.04. The lowest BCUT2D eigenvalue weighted by Crippen LogP contribution is -2.18. The third-order valence-corrected chi connectivity index (χ3v) is 2.74. The van der Waals surface area contributed by atoms with E-state index in [2.05, 4.69) is 0 Å². The van der Waals surface area contributed by atoms with Crippen molar-refractivity contribution < 1.29 is 24.1 Å². The van der Waals surface area contributed by atoms with Crippen LogP contribution in [0.25, 0.3) is 0 Å². The van der Waals surface area contributed by atoms with Crippen LogP contribution >= 0.6 is 0 Å². The monoisotopic (exact) mass is 269 g/mol. The summed E-state index contributed by atoms with van der Waals surface area (Å²) in [6.07, 6.45) is -0.194. The van der Waals surface area contributed by atoms with Crippen LogP contribution in [0.5, 0.6) is 11.5 Å². The van der Waals surface area contributed by atoms with Gasteiger partial charge >= 0.3 is 5.97 Å². The Morgan fingerprint density at radius 3 is 2.47 bits per heavy atom. The fraction of sp³-hybridized carbons (Fsp3) is 0.462. The van der Waals surface area contributed by atoms with Gasteiger partial charge in [-0.2, -0.15) is 0 Å². The quantitative estimate of drug-likeness (QED) is 0.776. The van der Waals surface area contributed by atoms with Gasteiger partial charge in [0.2, 0.25) is 0 Å². The van der Waals surface area contributed by atoms with Crippen LogP contribution in [0.4, 0.5) is 0 Å². The summed E-state index contributed by atoms with van der Waals surface area (Å²) >= 11 is 0. The van der Waals surface area contributed by atoms with Gasteiger partial charge in [-0.25, -0.2) is 0 Å². The predicted octanol–water partition coefficient (Wildman–Crippen LogP) is 1.32. The van der Waals surface area contributed by atoms with E-state index in [0.29, 0.717) is 23.7 Å². The van der Waals surface area contributed by atoms with Crippen LogP contribution in [0.2, 0.25) is 0 Å². The van der Waals surface area contributed by atoms with Crippen molar-refractivity contribution in [1.29, 1.82) is 0 Å². The molecule has 1 aromatic rings. The Morgan fingerprint density at radius 2 is 2.00 bits per heavy atom. The van der Waals surface area contributed by atoms with Gasteiger partial charge in [-0.05, 0) is 11.6 Å². The molecule has 6 heteroatoms. The Morgan fingerprint density at radius 1 is 1.32 bits per heavy atom. The molecule has 106 valence electrons. The Kier molecular flexibility index (Phi) is 5.59.